The Labute approximate surface area is 151 Å². The predicted molar refractivity (Wildman–Crippen MR) is 98.7 cm³/mol. The van der Waals surface area contributed by atoms with E-state index in [9.17, 15) is 4.79 Å². The zero-order valence-corrected chi connectivity index (χ0v) is 15.9. The van der Waals surface area contributed by atoms with Crippen molar-refractivity contribution in [3.63, 3.8) is 0 Å². The number of likely N-dealkylation sites (tertiary alicyclic amines) is 1. The molecular formula is C18H33N5O2. The number of hydrogen-bond donors (Lipinski definition) is 2. The number of carbonyl (C=O) groups excluding carboxylic acids is 1. The van der Waals surface area contributed by atoms with E-state index >= 15 is 0 Å². The van der Waals surface area contributed by atoms with E-state index in [1.165, 1.54) is 0 Å². The van der Waals surface area contributed by atoms with Crippen LogP contribution in [0.2, 0.25) is 0 Å². The van der Waals surface area contributed by atoms with Gasteiger partial charge in [0.05, 0.1) is 0 Å². The van der Waals surface area contributed by atoms with Gasteiger partial charge in [-0.2, -0.15) is 0 Å². The van der Waals surface area contributed by atoms with E-state index < -0.39 is 0 Å². The maximum atomic E-state index is 11.7. The number of nitrogens with one attached hydrogen (secondary N) is 2. The van der Waals surface area contributed by atoms with Crippen LogP contribution in [-0.2, 0) is 9.53 Å². The molecule has 1 amide bonds. The molecule has 3 heterocycles. The van der Waals surface area contributed by atoms with Crippen LogP contribution in [0.15, 0.2) is 4.99 Å². The molecule has 0 aromatic rings. The number of amides is 1. The predicted octanol–water partition coefficient (Wildman–Crippen LogP) is 0.275. The first-order valence-electron chi connectivity index (χ1n) is 9.46. The van der Waals surface area contributed by atoms with Gasteiger partial charge in [0.2, 0.25) is 5.91 Å². The number of piperidine rings is 1. The molecule has 0 bridgehead atoms. The topological polar surface area (TPSA) is 69.2 Å². The second-order valence-electron chi connectivity index (χ2n) is 8.11. The summed E-state index contributed by atoms with van der Waals surface area (Å²) >= 11 is 0. The van der Waals surface area contributed by atoms with Gasteiger partial charge in [0.15, 0.2) is 5.96 Å². The van der Waals surface area contributed by atoms with Gasteiger partial charge in [0.25, 0.3) is 0 Å². The SMILES string of the molecule is CN=C(NCC1(N(C)C)CCOCC1)N1CCCC2(CNC(=O)C2)C1. The molecule has 3 aliphatic rings. The van der Waals surface area contributed by atoms with Crippen molar-refractivity contribution in [2.24, 2.45) is 10.4 Å². The second-order valence-corrected chi connectivity index (χ2v) is 8.11. The average molecular weight is 351 g/mol. The number of aliphatic imine (C=N–C) groups is 1. The third-order valence-corrected chi connectivity index (χ3v) is 6.32. The Morgan fingerprint density at radius 3 is 2.72 bits per heavy atom. The van der Waals surface area contributed by atoms with Crippen molar-refractivity contribution in [2.75, 3.05) is 60.5 Å². The van der Waals surface area contributed by atoms with Gasteiger partial charge in [-0.3, -0.25) is 9.79 Å². The molecule has 0 saturated carbocycles. The van der Waals surface area contributed by atoms with Crippen LogP contribution in [0.4, 0.5) is 0 Å². The van der Waals surface area contributed by atoms with Crippen LogP contribution in [0.1, 0.15) is 32.1 Å². The lowest BCUT2D eigenvalue weighted by molar-refractivity contribution is -0.119. The quantitative estimate of drug-likeness (QED) is 0.564. The summed E-state index contributed by atoms with van der Waals surface area (Å²) in [5, 5.41) is 6.64. The fourth-order valence-electron chi connectivity index (χ4n) is 4.54. The third-order valence-electron chi connectivity index (χ3n) is 6.32. The molecule has 1 unspecified atom stereocenters. The minimum atomic E-state index is 0.0882. The van der Waals surface area contributed by atoms with Crippen LogP contribution < -0.4 is 10.6 Å². The Hall–Kier alpha value is -1.34. The van der Waals surface area contributed by atoms with Crippen LogP contribution in [0.3, 0.4) is 0 Å². The summed E-state index contributed by atoms with van der Waals surface area (Å²) in [6.07, 6.45) is 4.96. The Bertz CT molecular complexity index is 516. The first kappa shape index (κ1) is 18.5. The van der Waals surface area contributed by atoms with Crippen molar-refractivity contribution in [3.8, 4) is 0 Å². The zero-order chi connectivity index (χ0) is 17.9. The van der Waals surface area contributed by atoms with Gasteiger partial charge in [0.1, 0.15) is 0 Å². The van der Waals surface area contributed by atoms with Gasteiger partial charge in [-0.05, 0) is 39.8 Å². The van der Waals surface area contributed by atoms with E-state index in [-0.39, 0.29) is 16.9 Å². The Balaban J connectivity index is 1.63. The molecular weight excluding hydrogens is 318 g/mol. The fourth-order valence-corrected chi connectivity index (χ4v) is 4.54. The fraction of sp³-hybridized carbons (Fsp3) is 0.889. The number of carbonyl (C=O) groups is 1. The van der Waals surface area contributed by atoms with Crippen molar-refractivity contribution in [1.29, 1.82) is 0 Å². The highest BCUT2D eigenvalue weighted by atomic mass is 16.5. The molecule has 142 valence electrons. The summed E-state index contributed by atoms with van der Waals surface area (Å²) in [6.45, 7) is 5.23. The summed E-state index contributed by atoms with van der Waals surface area (Å²) < 4.78 is 5.56. The Morgan fingerprint density at radius 1 is 1.36 bits per heavy atom. The lowest BCUT2D eigenvalue weighted by Gasteiger charge is -2.45. The van der Waals surface area contributed by atoms with Gasteiger partial charge in [-0.1, -0.05) is 0 Å². The number of rotatable bonds is 3. The number of hydrogen-bond acceptors (Lipinski definition) is 4. The molecule has 3 aliphatic heterocycles. The van der Waals surface area contributed by atoms with Crippen LogP contribution in [0.5, 0.6) is 0 Å². The molecule has 2 N–H and O–H groups in total. The van der Waals surface area contributed by atoms with E-state index in [4.69, 9.17) is 4.74 Å². The largest absolute Gasteiger partial charge is 0.381 e. The molecule has 25 heavy (non-hydrogen) atoms. The lowest BCUT2D eigenvalue weighted by Crippen LogP contribution is -2.58. The van der Waals surface area contributed by atoms with Gasteiger partial charge >= 0.3 is 0 Å². The van der Waals surface area contributed by atoms with Crippen LogP contribution in [-0.4, -0.2) is 87.7 Å². The smallest absolute Gasteiger partial charge is 0.220 e. The number of guanidine groups is 1. The van der Waals surface area contributed by atoms with Gasteiger partial charge < -0.3 is 25.2 Å². The molecule has 7 nitrogen and oxygen atoms in total. The summed E-state index contributed by atoms with van der Waals surface area (Å²) in [5.41, 5.74) is 0.206. The molecule has 3 rings (SSSR count). The Morgan fingerprint density at radius 2 is 2.12 bits per heavy atom. The Kier molecular flexibility index (Phi) is 5.53. The lowest BCUT2D eigenvalue weighted by atomic mass is 9.79. The van der Waals surface area contributed by atoms with Gasteiger partial charge in [-0.15, -0.1) is 0 Å². The highest BCUT2D eigenvalue weighted by Gasteiger charge is 2.43. The number of ether oxygens (including phenoxy) is 1. The maximum absolute atomic E-state index is 11.7. The number of nitrogens with zero attached hydrogens (tertiary/aromatic N) is 3. The van der Waals surface area contributed by atoms with Crippen LogP contribution >= 0.6 is 0 Å². The molecule has 0 aliphatic carbocycles. The second kappa shape index (κ2) is 7.50. The first-order chi connectivity index (χ1) is 12.0. The molecule has 7 heteroatoms. The zero-order valence-electron chi connectivity index (χ0n) is 15.9. The van der Waals surface area contributed by atoms with E-state index in [0.717, 1.165) is 71.0 Å². The molecule has 3 saturated heterocycles. The molecule has 1 atom stereocenters. The summed E-state index contributed by atoms with van der Waals surface area (Å²) in [5.74, 6) is 1.16. The summed E-state index contributed by atoms with van der Waals surface area (Å²) in [4.78, 5) is 20.9. The molecule has 1 spiro atoms. The minimum absolute atomic E-state index is 0.0882. The highest BCUT2D eigenvalue weighted by Crippen LogP contribution is 2.36. The van der Waals surface area contributed by atoms with Crippen LogP contribution in [0, 0.1) is 5.41 Å². The van der Waals surface area contributed by atoms with Crippen molar-refractivity contribution < 1.29 is 9.53 Å². The van der Waals surface area contributed by atoms with Crippen molar-refractivity contribution in [1.82, 2.24) is 20.4 Å². The maximum Gasteiger partial charge on any atom is 0.220 e. The molecule has 0 aromatic heterocycles. The van der Waals surface area contributed by atoms with Crippen molar-refractivity contribution in [2.45, 2.75) is 37.6 Å². The first-order valence-corrected chi connectivity index (χ1v) is 9.46. The molecule has 0 radical (unpaired) electrons. The van der Waals surface area contributed by atoms with E-state index in [1.807, 2.05) is 7.05 Å². The van der Waals surface area contributed by atoms with E-state index in [0.29, 0.717) is 6.42 Å². The van der Waals surface area contributed by atoms with E-state index in [1.54, 1.807) is 0 Å². The average Bonchev–Trinajstić information content (AvgIpc) is 2.96. The van der Waals surface area contributed by atoms with Crippen molar-refractivity contribution in [3.05, 3.63) is 0 Å². The molecule has 3 fully saturated rings. The highest BCUT2D eigenvalue weighted by molar-refractivity contribution is 5.81. The minimum Gasteiger partial charge on any atom is -0.381 e. The van der Waals surface area contributed by atoms with Gasteiger partial charge in [0, 0.05) is 63.8 Å². The van der Waals surface area contributed by atoms with E-state index in [2.05, 4.69) is 39.5 Å². The standard InChI is InChI=1S/C18H33N5O2/c1-19-16(21-13-18(22(2)3)6-9-25-10-7-18)23-8-4-5-17(14-23)11-15(24)20-12-17/h4-14H2,1-3H3,(H,19,21)(H,20,24). The monoisotopic (exact) mass is 351 g/mol. The third kappa shape index (κ3) is 3.92. The molecule has 0 aromatic carbocycles. The van der Waals surface area contributed by atoms with Crippen molar-refractivity contribution >= 4 is 11.9 Å². The van der Waals surface area contributed by atoms with Gasteiger partial charge in [-0.25, -0.2) is 0 Å². The summed E-state index contributed by atoms with van der Waals surface area (Å²) in [7, 11) is 6.16. The number of likely N-dealkylation sites (N-methyl/N-ethyl adjacent to an activating group) is 1. The summed E-state index contributed by atoms with van der Waals surface area (Å²) in [6, 6.07) is 0. The van der Waals surface area contributed by atoms with Crippen LogP contribution in [0.25, 0.3) is 0 Å². The normalized spacial score (nSPS) is 30.0.